The van der Waals surface area contributed by atoms with E-state index in [0.717, 1.165) is 6.42 Å². The topological polar surface area (TPSA) is 37.4 Å². The lowest BCUT2D eigenvalue weighted by atomic mass is 10.5. The molecule has 1 unspecified atom stereocenters. The van der Waals surface area contributed by atoms with Crippen molar-refractivity contribution in [3.63, 3.8) is 0 Å². The fourth-order valence-electron chi connectivity index (χ4n) is 0.596. The Balaban J connectivity index is 4.02. The van der Waals surface area contributed by atoms with E-state index < -0.39 is 16.1 Å². The van der Waals surface area contributed by atoms with Crippen LogP contribution in [0.4, 0.5) is 0 Å². The predicted octanol–water partition coefficient (Wildman–Crippen LogP) is 1.03. The number of hydrogen-bond acceptors (Lipinski definition) is 3. The van der Waals surface area contributed by atoms with E-state index >= 15 is 0 Å². The number of rotatable bonds is 5. The summed E-state index contributed by atoms with van der Waals surface area (Å²) in [5.41, 5.74) is 0. The molecule has 0 aliphatic rings. The monoisotopic (exact) mass is 219 g/mol. The lowest BCUT2D eigenvalue weighted by Crippen LogP contribution is -2.30. The smallest absolute Gasteiger partial charge is 0.158 e. The molecule has 0 radical (unpaired) electrons. The molecule has 0 aliphatic carbocycles. The first-order valence-electron chi connectivity index (χ1n) is 3.25. The third-order valence-electron chi connectivity index (χ3n) is 1.14. The largest absolute Gasteiger partial charge is 0.230 e. The van der Waals surface area contributed by atoms with Gasteiger partial charge in [0.15, 0.2) is 10.7 Å². The van der Waals surface area contributed by atoms with Crippen LogP contribution in [-0.2, 0) is 10.7 Å². The molecule has 0 bridgehead atoms. The second kappa shape index (κ2) is 6.06. The van der Waals surface area contributed by atoms with Crippen LogP contribution in [-0.4, -0.2) is 30.6 Å². The lowest BCUT2D eigenvalue weighted by molar-refractivity contribution is 0.433. The average molecular weight is 220 g/mol. The van der Waals surface area contributed by atoms with Crippen molar-refractivity contribution in [1.82, 2.24) is 4.42 Å². The van der Waals surface area contributed by atoms with Gasteiger partial charge in [-0.05, 0) is 18.2 Å². The van der Waals surface area contributed by atoms with Gasteiger partial charge in [0.2, 0.25) is 0 Å². The van der Waals surface area contributed by atoms with Gasteiger partial charge in [0, 0.05) is 6.54 Å². The average Bonchev–Trinajstić information content (AvgIpc) is 1.88. The highest BCUT2D eigenvalue weighted by atomic mass is 35.5. The third kappa shape index (κ3) is 4.15. The van der Waals surface area contributed by atoms with E-state index in [1.807, 2.05) is 6.92 Å². The summed E-state index contributed by atoms with van der Waals surface area (Å²) in [4.78, 5) is 0. The van der Waals surface area contributed by atoms with Crippen LogP contribution in [0.5, 0.6) is 0 Å². The van der Waals surface area contributed by atoms with Crippen LogP contribution in [0, 0.1) is 0 Å². The van der Waals surface area contributed by atoms with Crippen molar-refractivity contribution in [1.29, 1.82) is 0 Å². The van der Waals surface area contributed by atoms with Crippen LogP contribution in [0.3, 0.4) is 0 Å². The number of thiol groups is 1. The Morgan fingerprint density at radius 2 is 2.09 bits per heavy atom. The van der Waals surface area contributed by atoms with Gasteiger partial charge in [0.25, 0.3) is 0 Å². The minimum Gasteiger partial charge on any atom is -0.230 e. The van der Waals surface area contributed by atoms with Crippen molar-refractivity contribution >= 4 is 34.1 Å². The molecule has 0 spiro atoms. The van der Waals surface area contributed by atoms with Crippen LogP contribution in [0.2, 0.25) is 0 Å². The Morgan fingerprint density at radius 1 is 1.55 bits per heavy atom. The second-order valence-electron chi connectivity index (χ2n) is 2.04. The molecule has 0 heterocycles. The lowest BCUT2D eigenvalue weighted by Gasteiger charge is -2.16. The van der Waals surface area contributed by atoms with Gasteiger partial charge in [0.1, 0.15) is 5.37 Å². The molecule has 0 aliphatic heterocycles. The van der Waals surface area contributed by atoms with Gasteiger partial charge in [-0.2, -0.15) is 0 Å². The highest BCUT2D eigenvalue weighted by molar-refractivity contribution is 7.73. The molecule has 0 N–H and O–H groups in total. The zero-order valence-electron chi connectivity index (χ0n) is 6.17. The molecular weight excluding hydrogens is 209 g/mol. The van der Waals surface area contributed by atoms with Gasteiger partial charge in [0.05, 0.1) is 5.88 Å². The van der Waals surface area contributed by atoms with Crippen LogP contribution in [0.1, 0.15) is 13.3 Å². The van der Waals surface area contributed by atoms with Crippen LogP contribution in [0.25, 0.3) is 0 Å². The summed E-state index contributed by atoms with van der Waals surface area (Å²) in [6, 6.07) is 0. The molecule has 11 heavy (non-hydrogen) atoms. The van der Waals surface area contributed by atoms with E-state index in [1.54, 1.807) is 0 Å². The van der Waals surface area contributed by atoms with Crippen molar-refractivity contribution in [2.75, 3.05) is 12.4 Å². The molecule has 0 aromatic carbocycles. The van der Waals surface area contributed by atoms with E-state index in [2.05, 4.69) is 0 Å². The Kier molecular flexibility index (Phi) is 6.33. The fraction of sp³-hybridized carbons (Fsp3) is 1.00. The first kappa shape index (κ1) is 11.5. The molecule has 0 rings (SSSR count). The van der Waals surface area contributed by atoms with Crippen molar-refractivity contribution in [2.45, 2.75) is 18.7 Å². The molecule has 0 aromatic rings. The fourth-order valence-corrected chi connectivity index (χ4v) is 2.06. The van der Waals surface area contributed by atoms with Crippen molar-refractivity contribution in [3.8, 4) is 0 Å². The molecule has 0 saturated carbocycles. The Bertz CT molecular complexity index is 166. The van der Waals surface area contributed by atoms with E-state index in [1.165, 1.54) is 4.42 Å². The third-order valence-corrected chi connectivity index (χ3v) is 3.14. The predicted molar refractivity (Wildman–Crippen MR) is 47.7 cm³/mol. The molecule has 0 aromatic heterocycles. The van der Waals surface area contributed by atoms with Gasteiger partial charge in [-0.3, -0.25) is 0 Å². The zero-order chi connectivity index (χ0) is 8.85. The summed E-state index contributed by atoms with van der Waals surface area (Å²) in [7, 11) is -2.55. The molecule has 68 valence electrons. The summed E-state index contributed by atoms with van der Waals surface area (Å²) < 4.78 is 22.2. The first-order valence-corrected chi connectivity index (χ1v) is 5.37. The van der Waals surface area contributed by atoms with Gasteiger partial charge in [-0.25, -0.2) is 12.8 Å². The quantitative estimate of drug-likeness (QED) is 0.427. The van der Waals surface area contributed by atoms with Crippen molar-refractivity contribution in [3.05, 3.63) is 0 Å². The molecule has 0 saturated heterocycles. The maximum atomic E-state index is 10.5. The number of halogens is 2. The highest BCUT2D eigenvalue weighted by Gasteiger charge is 2.16. The minimum absolute atomic E-state index is 0.0161. The van der Waals surface area contributed by atoms with E-state index in [-0.39, 0.29) is 5.88 Å². The highest BCUT2D eigenvalue weighted by Crippen LogP contribution is 2.06. The Hall–Kier alpha value is 0.490. The standard InChI is InChI=1S/C5H11Cl2NO2S/c1-2-3-8(7)5(4-6)11(9)10/h5,11H,2-4H2,1H3. The van der Waals surface area contributed by atoms with Gasteiger partial charge in [-0.15, -0.1) is 11.6 Å². The molecule has 0 amide bonds. The first-order chi connectivity index (χ1) is 5.13. The minimum atomic E-state index is -2.55. The SMILES string of the molecule is CCCN(Cl)C(CCl)[SH](=O)=O. The number of hydrogen-bond donors (Lipinski definition) is 1. The van der Waals surface area contributed by atoms with Gasteiger partial charge >= 0.3 is 0 Å². The number of alkyl halides is 1. The molecule has 1 atom stereocenters. The molecule has 0 fully saturated rings. The van der Waals surface area contributed by atoms with Crippen LogP contribution < -0.4 is 0 Å². The maximum Gasteiger partial charge on any atom is 0.158 e. The normalized spacial score (nSPS) is 14.3. The molecule has 3 nitrogen and oxygen atoms in total. The molecular formula is C5H11Cl2NO2S. The Labute approximate surface area is 78.3 Å². The molecule has 6 heteroatoms. The van der Waals surface area contributed by atoms with E-state index in [0.29, 0.717) is 6.54 Å². The zero-order valence-corrected chi connectivity index (χ0v) is 8.57. The van der Waals surface area contributed by atoms with Gasteiger partial charge in [-0.1, -0.05) is 6.92 Å². The summed E-state index contributed by atoms with van der Waals surface area (Å²) >= 11 is 11.0. The Morgan fingerprint density at radius 3 is 2.36 bits per heavy atom. The summed E-state index contributed by atoms with van der Waals surface area (Å²) in [5, 5.41) is -0.742. The summed E-state index contributed by atoms with van der Waals surface area (Å²) in [6.07, 6.45) is 0.806. The van der Waals surface area contributed by atoms with Crippen LogP contribution in [0.15, 0.2) is 0 Å². The second-order valence-corrected chi connectivity index (χ2v) is 3.95. The summed E-state index contributed by atoms with van der Waals surface area (Å²) in [6.45, 7) is 2.45. The van der Waals surface area contributed by atoms with E-state index in [9.17, 15) is 8.42 Å². The maximum absolute atomic E-state index is 10.5. The number of nitrogens with zero attached hydrogens (tertiary/aromatic N) is 1. The van der Waals surface area contributed by atoms with Gasteiger partial charge < -0.3 is 0 Å². The van der Waals surface area contributed by atoms with Crippen LogP contribution >= 0.6 is 23.4 Å². The van der Waals surface area contributed by atoms with Crippen molar-refractivity contribution in [2.24, 2.45) is 0 Å². The van der Waals surface area contributed by atoms with E-state index in [4.69, 9.17) is 23.4 Å². The summed E-state index contributed by atoms with van der Waals surface area (Å²) in [5.74, 6) is 0.0161. The van der Waals surface area contributed by atoms with Crippen molar-refractivity contribution < 1.29 is 8.42 Å².